The molecule has 0 saturated heterocycles. The fraction of sp³-hybridized carbons (Fsp3) is 0.478. The van der Waals surface area contributed by atoms with Crippen LogP contribution in [0, 0.1) is 0 Å². The molecule has 152 valence electrons. The van der Waals surface area contributed by atoms with Gasteiger partial charge in [-0.3, -0.25) is 0 Å². The number of aliphatic hydroxyl groups excluding tert-OH is 1. The molecule has 0 radical (unpaired) electrons. The number of benzene rings is 2. The van der Waals surface area contributed by atoms with E-state index in [1.54, 1.807) is 11.8 Å². The van der Waals surface area contributed by atoms with Crippen LogP contribution in [0.4, 0.5) is 11.4 Å². The van der Waals surface area contributed by atoms with Gasteiger partial charge in [-0.2, -0.15) is 0 Å². The standard InChI is InChI=1S/C23H32N2OS2/c1-5-7-13-23(6-2)17-25(19-11-9-8-10-12-19)20-15-21(27-4)18(16-26)14-22(20)28-24(23)3/h8-12,14-15,26H,5-7,13,16-17H2,1-4H3. The van der Waals surface area contributed by atoms with Crippen molar-refractivity contribution in [1.29, 1.82) is 0 Å². The van der Waals surface area contributed by atoms with Gasteiger partial charge in [-0.15, -0.1) is 11.8 Å². The number of nitrogens with zero attached hydrogens (tertiary/aromatic N) is 2. The van der Waals surface area contributed by atoms with Crippen molar-refractivity contribution in [2.75, 3.05) is 24.7 Å². The summed E-state index contributed by atoms with van der Waals surface area (Å²) in [6, 6.07) is 15.2. The molecule has 3 rings (SSSR count). The molecule has 2 aromatic carbocycles. The lowest BCUT2D eigenvalue weighted by molar-refractivity contribution is 0.212. The molecule has 1 N–H and O–H groups in total. The number of fused-ring (bicyclic) bond motifs is 1. The van der Waals surface area contributed by atoms with E-state index in [1.165, 1.54) is 35.5 Å². The van der Waals surface area contributed by atoms with Crippen LogP contribution in [-0.2, 0) is 6.61 Å². The molecule has 0 aromatic heterocycles. The number of likely N-dealkylation sites (N-methyl/N-ethyl adjacent to an activating group) is 1. The molecule has 0 aliphatic carbocycles. The summed E-state index contributed by atoms with van der Waals surface area (Å²) in [6.07, 6.45) is 6.82. The number of aliphatic hydroxyl groups is 1. The number of para-hydroxylation sites is 1. The number of thioether (sulfide) groups is 1. The normalized spacial score (nSPS) is 20.1. The highest BCUT2D eigenvalue weighted by molar-refractivity contribution is 7.98. The minimum atomic E-state index is 0.0772. The Bertz CT molecular complexity index is 784. The fourth-order valence-electron chi connectivity index (χ4n) is 4.00. The summed E-state index contributed by atoms with van der Waals surface area (Å²) in [4.78, 5) is 4.87. The van der Waals surface area contributed by atoms with Crippen molar-refractivity contribution in [3.05, 3.63) is 48.0 Å². The number of hydrogen-bond donors (Lipinski definition) is 1. The Labute approximate surface area is 178 Å². The molecule has 1 heterocycles. The lowest BCUT2D eigenvalue weighted by Crippen LogP contribution is -2.49. The van der Waals surface area contributed by atoms with Crippen molar-refractivity contribution in [3.8, 4) is 0 Å². The first-order chi connectivity index (χ1) is 13.6. The summed E-state index contributed by atoms with van der Waals surface area (Å²) < 4.78 is 2.48. The third kappa shape index (κ3) is 4.23. The molecule has 5 heteroatoms. The predicted molar refractivity (Wildman–Crippen MR) is 124 cm³/mol. The van der Waals surface area contributed by atoms with E-state index in [9.17, 15) is 5.11 Å². The van der Waals surface area contributed by atoms with Crippen LogP contribution in [-0.4, -0.2) is 34.8 Å². The Kier molecular flexibility index (Phi) is 7.37. The third-order valence-corrected chi connectivity index (χ3v) is 7.91. The van der Waals surface area contributed by atoms with Crippen LogP contribution in [0.5, 0.6) is 0 Å². The third-order valence-electron chi connectivity index (χ3n) is 5.90. The van der Waals surface area contributed by atoms with Crippen LogP contribution < -0.4 is 4.90 Å². The quantitative estimate of drug-likeness (QED) is 0.420. The molecule has 28 heavy (non-hydrogen) atoms. The Morgan fingerprint density at radius 1 is 1.18 bits per heavy atom. The maximum Gasteiger partial charge on any atom is 0.0693 e. The van der Waals surface area contributed by atoms with Crippen LogP contribution >= 0.6 is 23.7 Å². The van der Waals surface area contributed by atoms with E-state index in [0.29, 0.717) is 0 Å². The highest BCUT2D eigenvalue weighted by atomic mass is 32.2. The fourth-order valence-corrected chi connectivity index (χ4v) is 5.84. The summed E-state index contributed by atoms with van der Waals surface area (Å²) in [5, 5.41) is 9.89. The van der Waals surface area contributed by atoms with Crippen molar-refractivity contribution >= 4 is 35.1 Å². The highest BCUT2D eigenvalue weighted by Crippen LogP contribution is 2.47. The van der Waals surface area contributed by atoms with Crippen LogP contribution in [0.25, 0.3) is 0 Å². The molecule has 0 bridgehead atoms. The molecule has 1 aliphatic heterocycles. The Balaban J connectivity index is 2.16. The van der Waals surface area contributed by atoms with Crippen molar-refractivity contribution in [2.24, 2.45) is 0 Å². The van der Waals surface area contributed by atoms with Gasteiger partial charge in [0.1, 0.15) is 0 Å². The highest BCUT2D eigenvalue weighted by Gasteiger charge is 2.39. The Morgan fingerprint density at radius 3 is 2.54 bits per heavy atom. The lowest BCUT2D eigenvalue weighted by atomic mass is 9.88. The summed E-state index contributed by atoms with van der Waals surface area (Å²) in [7, 11) is 2.24. The first-order valence-electron chi connectivity index (χ1n) is 10.1. The first-order valence-corrected chi connectivity index (χ1v) is 12.1. The van der Waals surface area contributed by atoms with E-state index in [2.05, 4.69) is 78.8 Å². The molecule has 2 aromatic rings. The van der Waals surface area contributed by atoms with Gasteiger partial charge in [-0.25, -0.2) is 4.31 Å². The minimum absolute atomic E-state index is 0.0772. The van der Waals surface area contributed by atoms with Gasteiger partial charge in [0.2, 0.25) is 0 Å². The topological polar surface area (TPSA) is 26.7 Å². The molecule has 3 nitrogen and oxygen atoms in total. The first kappa shape index (κ1) is 21.6. The van der Waals surface area contributed by atoms with Crippen molar-refractivity contribution < 1.29 is 5.11 Å². The van der Waals surface area contributed by atoms with E-state index in [-0.39, 0.29) is 12.1 Å². The van der Waals surface area contributed by atoms with Crippen molar-refractivity contribution in [3.63, 3.8) is 0 Å². The van der Waals surface area contributed by atoms with E-state index in [1.807, 2.05) is 11.9 Å². The second-order valence-corrected chi connectivity index (χ2v) is 9.50. The van der Waals surface area contributed by atoms with Gasteiger partial charge in [0.05, 0.1) is 12.3 Å². The summed E-state index contributed by atoms with van der Waals surface area (Å²) in [6.45, 7) is 5.64. The van der Waals surface area contributed by atoms with Gasteiger partial charge >= 0.3 is 0 Å². The van der Waals surface area contributed by atoms with Gasteiger partial charge in [0.25, 0.3) is 0 Å². The lowest BCUT2D eigenvalue weighted by Gasteiger charge is -2.42. The van der Waals surface area contributed by atoms with Crippen LogP contribution in [0.3, 0.4) is 0 Å². The van der Waals surface area contributed by atoms with Crippen LogP contribution in [0.2, 0.25) is 0 Å². The number of unbranched alkanes of at least 4 members (excludes halogenated alkanes) is 1. The van der Waals surface area contributed by atoms with Gasteiger partial charge in [0.15, 0.2) is 0 Å². The van der Waals surface area contributed by atoms with E-state index in [0.717, 1.165) is 23.4 Å². The minimum Gasteiger partial charge on any atom is -0.392 e. The summed E-state index contributed by atoms with van der Waals surface area (Å²) >= 11 is 3.54. The van der Waals surface area contributed by atoms with E-state index < -0.39 is 0 Å². The molecule has 0 amide bonds. The molecule has 1 unspecified atom stereocenters. The Hall–Kier alpha value is -1.14. The zero-order valence-electron chi connectivity index (χ0n) is 17.4. The van der Waals surface area contributed by atoms with Crippen molar-refractivity contribution in [2.45, 2.75) is 61.5 Å². The predicted octanol–water partition coefficient (Wildman–Crippen LogP) is 6.33. The largest absolute Gasteiger partial charge is 0.392 e. The molecule has 1 aliphatic rings. The van der Waals surface area contributed by atoms with Gasteiger partial charge < -0.3 is 10.0 Å². The SMILES string of the molecule is CCCCC1(CC)CN(c2ccccc2)c2cc(SC)c(CO)cc2SN1C. The maximum absolute atomic E-state index is 9.89. The van der Waals surface area contributed by atoms with Crippen molar-refractivity contribution in [1.82, 2.24) is 4.31 Å². The average Bonchev–Trinajstić information content (AvgIpc) is 2.86. The maximum atomic E-state index is 9.89. The zero-order valence-corrected chi connectivity index (χ0v) is 19.1. The molecule has 0 saturated carbocycles. The molecular weight excluding hydrogens is 384 g/mol. The van der Waals surface area contributed by atoms with Crippen LogP contribution in [0.1, 0.15) is 45.1 Å². The summed E-state index contributed by atoms with van der Waals surface area (Å²) in [5.74, 6) is 0. The number of hydrogen-bond acceptors (Lipinski definition) is 5. The van der Waals surface area contributed by atoms with E-state index >= 15 is 0 Å². The molecular formula is C23H32N2OS2. The van der Waals surface area contributed by atoms with Gasteiger partial charge in [-0.1, -0.05) is 44.9 Å². The van der Waals surface area contributed by atoms with Gasteiger partial charge in [-0.05, 0) is 67.9 Å². The molecule has 0 fully saturated rings. The smallest absolute Gasteiger partial charge is 0.0693 e. The van der Waals surface area contributed by atoms with Gasteiger partial charge in [0, 0.05) is 27.6 Å². The molecule has 1 atom stereocenters. The van der Waals surface area contributed by atoms with E-state index in [4.69, 9.17) is 0 Å². The summed E-state index contributed by atoms with van der Waals surface area (Å²) in [5.41, 5.74) is 3.60. The number of rotatable bonds is 7. The number of anilines is 2. The van der Waals surface area contributed by atoms with Crippen LogP contribution in [0.15, 0.2) is 52.3 Å². The Morgan fingerprint density at radius 2 is 1.93 bits per heavy atom. The molecule has 0 spiro atoms. The average molecular weight is 417 g/mol. The second-order valence-electron chi connectivity index (χ2n) is 7.48. The second kappa shape index (κ2) is 9.57. The zero-order chi connectivity index (χ0) is 20.1. The monoisotopic (exact) mass is 416 g/mol.